The molecule has 22 heavy (non-hydrogen) atoms. The van der Waals surface area contributed by atoms with Crippen molar-refractivity contribution in [2.45, 2.75) is 13.3 Å². The molecule has 1 amide bonds. The maximum Gasteiger partial charge on any atom is 0.257 e. The van der Waals surface area contributed by atoms with E-state index in [1.807, 2.05) is 36.4 Å². The summed E-state index contributed by atoms with van der Waals surface area (Å²) < 4.78 is 6.56. The standard InChI is InChI=1S/C17H16N2O2S/c1-2-11-21-13-9-7-12(8-10-13)16(20)19-17-18-14-5-3-4-6-15(14)22-17/h3-10H,2,11H2,1H3,(H,18,19,20). The van der Waals surface area contributed by atoms with Gasteiger partial charge in [-0.2, -0.15) is 0 Å². The monoisotopic (exact) mass is 312 g/mol. The zero-order valence-corrected chi connectivity index (χ0v) is 13.0. The predicted octanol–water partition coefficient (Wildman–Crippen LogP) is 4.34. The van der Waals surface area contributed by atoms with Gasteiger partial charge in [0.15, 0.2) is 5.13 Å². The van der Waals surface area contributed by atoms with Gasteiger partial charge in [0.25, 0.3) is 5.91 Å². The third-order valence-electron chi connectivity index (χ3n) is 3.10. The predicted molar refractivity (Wildman–Crippen MR) is 89.8 cm³/mol. The topological polar surface area (TPSA) is 51.2 Å². The molecule has 0 bridgehead atoms. The van der Waals surface area contributed by atoms with Gasteiger partial charge in [-0.25, -0.2) is 4.98 Å². The zero-order valence-electron chi connectivity index (χ0n) is 12.2. The van der Waals surface area contributed by atoms with Crippen molar-refractivity contribution in [2.75, 3.05) is 11.9 Å². The second kappa shape index (κ2) is 6.58. The van der Waals surface area contributed by atoms with Crippen LogP contribution < -0.4 is 10.1 Å². The summed E-state index contributed by atoms with van der Waals surface area (Å²) in [5.74, 6) is 0.611. The number of nitrogens with one attached hydrogen (secondary N) is 1. The molecule has 2 aromatic carbocycles. The summed E-state index contributed by atoms with van der Waals surface area (Å²) >= 11 is 1.47. The van der Waals surface area contributed by atoms with Crippen LogP contribution in [0.25, 0.3) is 10.2 Å². The minimum Gasteiger partial charge on any atom is -0.494 e. The normalized spacial score (nSPS) is 10.6. The van der Waals surface area contributed by atoms with E-state index < -0.39 is 0 Å². The quantitative estimate of drug-likeness (QED) is 0.762. The summed E-state index contributed by atoms with van der Waals surface area (Å²) in [6.07, 6.45) is 0.958. The van der Waals surface area contributed by atoms with E-state index in [2.05, 4.69) is 17.2 Å². The molecular weight excluding hydrogens is 296 g/mol. The lowest BCUT2D eigenvalue weighted by Crippen LogP contribution is -2.11. The molecule has 1 N–H and O–H groups in total. The molecule has 3 aromatic rings. The van der Waals surface area contributed by atoms with Crippen molar-refractivity contribution in [3.63, 3.8) is 0 Å². The first-order valence-corrected chi connectivity index (χ1v) is 7.97. The number of hydrogen-bond donors (Lipinski definition) is 1. The van der Waals surface area contributed by atoms with E-state index in [1.54, 1.807) is 12.1 Å². The maximum atomic E-state index is 12.2. The number of carbonyl (C=O) groups is 1. The number of rotatable bonds is 5. The molecule has 3 rings (SSSR count). The molecule has 0 radical (unpaired) electrons. The van der Waals surface area contributed by atoms with Gasteiger partial charge in [0, 0.05) is 5.56 Å². The molecule has 0 unspecified atom stereocenters. The van der Waals surface area contributed by atoms with Gasteiger partial charge in [-0.3, -0.25) is 10.1 Å². The number of thiazole rings is 1. The highest BCUT2D eigenvalue weighted by Crippen LogP contribution is 2.25. The van der Waals surface area contributed by atoms with Crippen LogP contribution in [0.2, 0.25) is 0 Å². The molecule has 0 saturated carbocycles. The fourth-order valence-corrected chi connectivity index (χ4v) is 2.88. The molecule has 0 saturated heterocycles. The molecule has 0 aliphatic rings. The maximum absolute atomic E-state index is 12.2. The Kier molecular flexibility index (Phi) is 4.34. The SMILES string of the molecule is CCCOc1ccc(C(=O)Nc2nc3ccccc3s2)cc1. The average molecular weight is 312 g/mol. The number of hydrogen-bond acceptors (Lipinski definition) is 4. The first-order valence-electron chi connectivity index (χ1n) is 7.16. The summed E-state index contributed by atoms with van der Waals surface area (Å²) in [7, 11) is 0. The van der Waals surface area contributed by atoms with E-state index in [9.17, 15) is 4.79 Å². The van der Waals surface area contributed by atoms with Crippen LogP contribution in [0.5, 0.6) is 5.75 Å². The first kappa shape index (κ1) is 14.5. The molecule has 0 aliphatic heterocycles. The number of amides is 1. The van der Waals surface area contributed by atoms with E-state index in [0.29, 0.717) is 17.3 Å². The molecule has 5 heteroatoms. The largest absolute Gasteiger partial charge is 0.494 e. The Bertz CT molecular complexity index is 748. The van der Waals surface area contributed by atoms with Crippen molar-refractivity contribution >= 4 is 32.6 Å². The summed E-state index contributed by atoms with van der Waals surface area (Å²) in [5.41, 5.74) is 1.48. The number of fused-ring (bicyclic) bond motifs is 1. The van der Waals surface area contributed by atoms with Crippen molar-refractivity contribution in [1.29, 1.82) is 0 Å². The van der Waals surface area contributed by atoms with Gasteiger partial charge in [-0.15, -0.1) is 0 Å². The van der Waals surface area contributed by atoms with Crippen LogP contribution in [0.1, 0.15) is 23.7 Å². The highest BCUT2D eigenvalue weighted by Gasteiger charge is 2.09. The smallest absolute Gasteiger partial charge is 0.257 e. The number of carbonyl (C=O) groups excluding carboxylic acids is 1. The van der Waals surface area contributed by atoms with E-state index in [-0.39, 0.29) is 5.91 Å². The van der Waals surface area contributed by atoms with Crippen molar-refractivity contribution in [2.24, 2.45) is 0 Å². The van der Waals surface area contributed by atoms with Crippen molar-refractivity contribution in [3.8, 4) is 5.75 Å². The van der Waals surface area contributed by atoms with Crippen LogP contribution in [0.4, 0.5) is 5.13 Å². The van der Waals surface area contributed by atoms with E-state index in [4.69, 9.17) is 4.74 Å². The Balaban J connectivity index is 1.70. The van der Waals surface area contributed by atoms with E-state index >= 15 is 0 Å². The van der Waals surface area contributed by atoms with Gasteiger partial charge in [0.2, 0.25) is 0 Å². The average Bonchev–Trinajstić information content (AvgIpc) is 2.95. The number of aromatic nitrogens is 1. The second-order valence-corrected chi connectivity index (χ2v) is 5.84. The molecule has 0 fully saturated rings. The third-order valence-corrected chi connectivity index (χ3v) is 4.06. The minimum absolute atomic E-state index is 0.166. The van der Waals surface area contributed by atoms with Gasteiger partial charge >= 0.3 is 0 Å². The number of ether oxygens (including phenoxy) is 1. The highest BCUT2D eigenvalue weighted by atomic mass is 32.1. The van der Waals surface area contributed by atoms with Crippen LogP contribution in [0.15, 0.2) is 48.5 Å². The molecule has 1 heterocycles. The summed E-state index contributed by atoms with van der Waals surface area (Å²) in [6, 6.07) is 14.9. The summed E-state index contributed by atoms with van der Waals surface area (Å²) in [4.78, 5) is 16.6. The number of benzene rings is 2. The highest BCUT2D eigenvalue weighted by molar-refractivity contribution is 7.22. The molecule has 0 atom stereocenters. The van der Waals surface area contributed by atoms with Gasteiger partial charge in [-0.1, -0.05) is 30.4 Å². The second-order valence-electron chi connectivity index (χ2n) is 4.81. The first-order chi connectivity index (χ1) is 10.8. The lowest BCUT2D eigenvalue weighted by molar-refractivity contribution is 0.102. The Hall–Kier alpha value is -2.40. The summed E-state index contributed by atoms with van der Waals surface area (Å²) in [6.45, 7) is 2.73. The minimum atomic E-state index is -0.166. The molecule has 0 spiro atoms. The third kappa shape index (κ3) is 3.26. The number of para-hydroxylation sites is 1. The van der Waals surface area contributed by atoms with Gasteiger partial charge in [0.1, 0.15) is 5.75 Å². The van der Waals surface area contributed by atoms with Crippen molar-refractivity contribution in [1.82, 2.24) is 4.98 Å². The van der Waals surface area contributed by atoms with Crippen LogP contribution >= 0.6 is 11.3 Å². The zero-order chi connectivity index (χ0) is 15.4. The van der Waals surface area contributed by atoms with Crippen LogP contribution in [-0.4, -0.2) is 17.5 Å². The Morgan fingerprint density at radius 1 is 1.18 bits per heavy atom. The Morgan fingerprint density at radius 2 is 1.95 bits per heavy atom. The fourth-order valence-electron chi connectivity index (χ4n) is 2.02. The molecular formula is C17H16N2O2S. The lowest BCUT2D eigenvalue weighted by Gasteiger charge is -2.05. The van der Waals surface area contributed by atoms with Crippen molar-refractivity contribution < 1.29 is 9.53 Å². The van der Waals surface area contributed by atoms with E-state index in [0.717, 1.165) is 22.4 Å². The van der Waals surface area contributed by atoms with Gasteiger partial charge in [0.05, 0.1) is 16.8 Å². The lowest BCUT2D eigenvalue weighted by atomic mass is 10.2. The fraction of sp³-hybridized carbons (Fsp3) is 0.176. The number of anilines is 1. The van der Waals surface area contributed by atoms with E-state index in [1.165, 1.54) is 11.3 Å². The van der Waals surface area contributed by atoms with Crippen LogP contribution in [0.3, 0.4) is 0 Å². The Morgan fingerprint density at radius 3 is 2.68 bits per heavy atom. The van der Waals surface area contributed by atoms with Gasteiger partial charge in [-0.05, 0) is 42.8 Å². The molecule has 112 valence electrons. The molecule has 1 aromatic heterocycles. The Labute approximate surface area is 132 Å². The van der Waals surface area contributed by atoms with Crippen molar-refractivity contribution in [3.05, 3.63) is 54.1 Å². The van der Waals surface area contributed by atoms with Gasteiger partial charge < -0.3 is 4.74 Å². The summed E-state index contributed by atoms with van der Waals surface area (Å²) in [5, 5.41) is 3.45. The van der Waals surface area contributed by atoms with Crippen LogP contribution in [0, 0.1) is 0 Å². The van der Waals surface area contributed by atoms with Crippen LogP contribution in [-0.2, 0) is 0 Å². The number of nitrogens with zero attached hydrogens (tertiary/aromatic N) is 1. The molecule has 4 nitrogen and oxygen atoms in total. The molecule has 0 aliphatic carbocycles.